The first kappa shape index (κ1) is 19.4. The molecule has 2 amide bonds. The Morgan fingerprint density at radius 2 is 1.55 bits per heavy atom. The fraction of sp³-hybridized carbons (Fsp3) is 0.375. The molecule has 2 fully saturated rings. The summed E-state index contributed by atoms with van der Waals surface area (Å²) in [5.41, 5.74) is 2.69. The van der Waals surface area contributed by atoms with Crippen molar-refractivity contribution in [1.82, 2.24) is 5.32 Å². The van der Waals surface area contributed by atoms with Crippen molar-refractivity contribution in [2.75, 3.05) is 5.32 Å². The fourth-order valence-corrected chi connectivity index (χ4v) is 4.43. The average molecular weight is 390 g/mol. The number of anilines is 1. The highest BCUT2D eigenvalue weighted by atomic mass is 16.2. The monoisotopic (exact) mass is 390 g/mol. The van der Waals surface area contributed by atoms with E-state index in [2.05, 4.69) is 10.6 Å². The summed E-state index contributed by atoms with van der Waals surface area (Å²) >= 11 is 0. The van der Waals surface area contributed by atoms with E-state index in [0.717, 1.165) is 24.0 Å². The molecule has 2 N–H and O–H groups in total. The van der Waals surface area contributed by atoms with Gasteiger partial charge in [0.15, 0.2) is 11.7 Å². The molecule has 2 atom stereocenters. The highest BCUT2D eigenvalue weighted by Gasteiger charge is 2.46. The number of amides is 2. The van der Waals surface area contributed by atoms with Gasteiger partial charge >= 0.3 is 0 Å². The minimum Gasteiger partial charge on any atom is -0.345 e. The smallest absolute Gasteiger partial charge is 0.244 e. The van der Waals surface area contributed by atoms with Gasteiger partial charge in [0.25, 0.3) is 0 Å². The lowest BCUT2D eigenvalue weighted by molar-refractivity contribution is -0.135. The Labute approximate surface area is 170 Å². The zero-order valence-corrected chi connectivity index (χ0v) is 16.4. The first-order valence-electron chi connectivity index (χ1n) is 10.4. The molecule has 0 radical (unpaired) electrons. The standard InChI is InChI=1S/C24H26N2O3/c27-22-20(15-16-7-3-1-4-8-16)26-24(29)21(22)23(28)25-19-13-11-18(12-14-19)17-9-5-2-6-10-17/h2,5-6,9-14,16,20-21H,1,3-4,7-8,15H2,(H,25,28)(H,26,29). The molecule has 5 heteroatoms. The second kappa shape index (κ2) is 8.60. The zero-order chi connectivity index (χ0) is 20.2. The molecule has 29 heavy (non-hydrogen) atoms. The largest absolute Gasteiger partial charge is 0.345 e. The van der Waals surface area contributed by atoms with Gasteiger partial charge < -0.3 is 10.6 Å². The number of carbonyl (C=O) groups excluding carboxylic acids is 3. The van der Waals surface area contributed by atoms with Crippen LogP contribution in [0.5, 0.6) is 0 Å². The Hall–Kier alpha value is -2.95. The van der Waals surface area contributed by atoms with Crippen molar-refractivity contribution >= 4 is 23.3 Å². The van der Waals surface area contributed by atoms with Gasteiger partial charge in [0.2, 0.25) is 11.8 Å². The van der Waals surface area contributed by atoms with Gasteiger partial charge in [-0.1, -0.05) is 74.6 Å². The van der Waals surface area contributed by atoms with Crippen molar-refractivity contribution in [2.24, 2.45) is 11.8 Å². The summed E-state index contributed by atoms with van der Waals surface area (Å²) in [5, 5.41) is 5.48. The van der Waals surface area contributed by atoms with Gasteiger partial charge in [-0.3, -0.25) is 14.4 Å². The maximum atomic E-state index is 12.7. The number of carbonyl (C=O) groups is 3. The van der Waals surface area contributed by atoms with Crippen LogP contribution >= 0.6 is 0 Å². The van der Waals surface area contributed by atoms with E-state index < -0.39 is 23.8 Å². The molecule has 0 spiro atoms. The lowest BCUT2D eigenvalue weighted by Crippen LogP contribution is -2.33. The SMILES string of the molecule is O=C(Nc1ccc(-c2ccccc2)cc1)C1C(=O)NC(CC2CCCCC2)C1=O. The van der Waals surface area contributed by atoms with Gasteiger partial charge in [-0.2, -0.15) is 0 Å². The van der Waals surface area contributed by atoms with Crippen LogP contribution in [0.15, 0.2) is 54.6 Å². The summed E-state index contributed by atoms with van der Waals surface area (Å²) in [6.07, 6.45) is 6.47. The molecular weight excluding hydrogens is 364 g/mol. The van der Waals surface area contributed by atoms with Crippen molar-refractivity contribution in [1.29, 1.82) is 0 Å². The van der Waals surface area contributed by atoms with E-state index in [1.54, 1.807) is 12.1 Å². The van der Waals surface area contributed by atoms with Gasteiger partial charge in [-0.25, -0.2) is 0 Å². The van der Waals surface area contributed by atoms with Crippen LogP contribution in [0.3, 0.4) is 0 Å². The molecule has 1 heterocycles. The van der Waals surface area contributed by atoms with Gasteiger partial charge in [0, 0.05) is 5.69 Å². The van der Waals surface area contributed by atoms with E-state index >= 15 is 0 Å². The van der Waals surface area contributed by atoms with E-state index in [4.69, 9.17) is 0 Å². The molecule has 5 nitrogen and oxygen atoms in total. The quantitative estimate of drug-likeness (QED) is 0.759. The second-order valence-corrected chi connectivity index (χ2v) is 8.07. The number of hydrogen-bond acceptors (Lipinski definition) is 3. The van der Waals surface area contributed by atoms with Crippen LogP contribution in [0.2, 0.25) is 0 Å². The number of benzene rings is 2. The maximum absolute atomic E-state index is 12.7. The van der Waals surface area contributed by atoms with Crippen molar-refractivity contribution in [2.45, 2.75) is 44.6 Å². The predicted octanol–water partition coefficient (Wildman–Crippen LogP) is 3.95. The van der Waals surface area contributed by atoms with Gasteiger partial charge in [0.05, 0.1) is 6.04 Å². The molecule has 2 aromatic carbocycles. The Morgan fingerprint density at radius 1 is 0.897 bits per heavy atom. The van der Waals surface area contributed by atoms with Crippen LogP contribution in [0.1, 0.15) is 38.5 Å². The van der Waals surface area contributed by atoms with E-state index in [-0.39, 0.29) is 5.78 Å². The van der Waals surface area contributed by atoms with Crippen LogP contribution in [0, 0.1) is 11.8 Å². The molecular formula is C24H26N2O3. The summed E-state index contributed by atoms with van der Waals surface area (Å²) in [6.45, 7) is 0. The van der Waals surface area contributed by atoms with E-state index in [1.807, 2.05) is 42.5 Å². The molecule has 2 aliphatic rings. The Balaban J connectivity index is 1.38. The van der Waals surface area contributed by atoms with Crippen LogP contribution in [0.4, 0.5) is 5.69 Å². The number of rotatable bonds is 5. The highest BCUT2D eigenvalue weighted by Crippen LogP contribution is 2.30. The maximum Gasteiger partial charge on any atom is 0.244 e. The molecule has 1 aliphatic carbocycles. The van der Waals surface area contributed by atoms with E-state index in [9.17, 15) is 14.4 Å². The summed E-state index contributed by atoms with van der Waals surface area (Å²) in [6, 6.07) is 16.8. The van der Waals surface area contributed by atoms with Crippen molar-refractivity contribution in [3.8, 4) is 11.1 Å². The van der Waals surface area contributed by atoms with Crippen LogP contribution < -0.4 is 10.6 Å². The topological polar surface area (TPSA) is 75.3 Å². The lowest BCUT2D eigenvalue weighted by atomic mass is 9.83. The fourth-order valence-electron chi connectivity index (χ4n) is 4.43. The first-order chi connectivity index (χ1) is 14.1. The van der Waals surface area contributed by atoms with Crippen LogP contribution in [0.25, 0.3) is 11.1 Å². The molecule has 0 bridgehead atoms. The molecule has 4 rings (SSSR count). The summed E-state index contributed by atoms with van der Waals surface area (Å²) in [5.74, 6) is -2.11. The molecule has 1 aliphatic heterocycles. The minimum atomic E-state index is -1.25. The zero-order valence-electron chi connectivity index (χ0n) is 16.4. The van der Waals surface area contributed by atoms with Crippen LogP contribution in [-0.4, -0.2) is 23.6 Å². The van der Waals surface area contributed by atoms with Crippen LogP contribution in [-0.2, 0) is 14.4 Å². The number of ketones is 1. The molecule has 2 unspecified atom stereocenters. The third-order valence-electron chi connectivity index (χ3n) is 6.02. The lowest BCUT2D eigenvalue weighted by Gasteiger charge is -2.23. The van der Waals surface area contributed by atoms with Crippen molar-refractivity contribution < 1.29 is 14.4 Å². The Kier molecular flexibility index (Phi) is 5.74. The Bertz CT molecular complexity index is 886. The van der Waals surface area contributed by atoms with E-state index in [1.165, 1.54) is 19.3 Å². The third-order valence-corrected chi connectivity index (χ3v) is 6.02. The normalized spacial score (nSPS) is 22.3. The molecule has 2 aromatic rings. The third kappa shape index (κ3) is 4.39. The van der Waals surface area contributed by atoms with Gasteiger partial charge in [0.1, 0.15) is 0 Å². The van der Waals surface area contributed by atoms with Crippen molar-refractivity contribution in [3.05, 3.63) is 54.6 Å². The van der Waals surface area contributed by atoms with Gasteiger partial charge in [-0.05, 0) is 35.6 Å². The molecule has 150 valence electrons. The Morgan fingerprint density at radius 3 is 2.24 bits per heavy atom. The second-order valence-electron chi connectivity index (χ2n) is 8.07. The molecule has 1 saturated carbocycles. The highest BCUT2D eigenvalue weighted by molar-refractivity contribution is 6.26. The average Bonchev–Trinajstić information content (AvgIpc) is 3.03. The first-order valence-corrected chi connectivity index (χ1v) is 10.4. The summed E-state index contributed by atoms with van der Waals surface area (Å²) in [7, 11) is 0. The van der Waals surface area contributed by atoms with E-state index in [0.29, 0.717) is 18.0 Å². The summed E-state index contributed by atoms with van der Waals surface area (Å²) < 4.78 is 0. The minimum absolute atomic E-state index is 0.293. The van der Waals surface area contributed by atoms with Crippen molar-refractivity contribution in [3.63, 3.8) is 0 Å². The number of Topliss-reactive ketones (excluding diaryl/α,β-unsaturated/α-hetero) is 1. The summed E-state index contributed by atoms with van der Waals surface area (Å²) in [4.78, 5) is 37.7. The molecule has 0 aromatic heterocycles. The molecule has 1 saturated heterocycles. The number of hydrogen-bond donors (Lipinski definition) is 2. The van der Waals surface area contributed by atoms with Gasteiger partial charge in [-0.15, -0.1) is 0 Å². The predicted molar refractivity (Wildman–Crippen MR) is 112 cm³/mol. The number of nitrogens with one attached hydrogen (secondary N) is 2.